The Labute approximate surface area is 628 Å². The molecule has 5 unspecified atom stereocenters. The van der Waals surface area contributed by atoms with Crippen LogP contribution in [0.25, 0.3) is 0 Å². The number of carbonyl (C=O) groups is 4. The molecule has 0 aromatic heterocycles. The zero-order valence-electron chi connectivity index (χ0n) is 64.1. The van der Waals surface area contributed by atoms with Crippen molar-refractivity contribution < 1.29 is 80.2 Å². The van der Waals surface area contributed by atoms with Crippen LogP contribution in [-0.4, -0.2) is 96.7 Å². The fourth-order valence-corrected chi connectivity index (χ4v) is 11.1. The van der Waals surface area contributed by atoms with Gasteiger partial charge in [-0.2, -0.15) is 0 Å². The third-order valence-corrected chi connectivity index (χ3v) is 17.3. The molecule has 0 bridgehead atoms. The molecular formula is C85H136O17P2. The maximum Gasteiger partial charge on any atom is 0.472 e. The van der Waals surface area contributed by atoms with Gasteiger partial charge in [0.05, 0.1) is 39.3 Å². The average molecular weight is 1490 g/mol. The standard InChI is InChI=1S/C85H136O17P2/c1-5-9-13-17-21-25-29-33-37-38-39-40-44-46-50-54-58-62-66-70-83(88)96-76-81(102-85(90)72-68-64-60-56-52-48-43-36-32-28-24-20-16-12-8-4)78-100-104(93,94)98-74-79(86)73-97-103(91,92)99-77-80(101-84(89)71-67-63-59-55-51-47-42-35-31-27-23-19-15-11-7-3)75-95-82(87)69-65-61-57-53-49-45-41-34-30-26-22-18-14-10-6-2/h10,12,14,16,21-28,33-37,39-43,49,52-53,56,61,64-65,68,79-81,86H,5-9,11,13,15,17-20,29-32,38,44-48,50-51,54-55,57-60,62-63,66-67,69-78H2,1-4H3,(H,91,92)(H,93,94)/b14-10-,16-12-,25-21-,26-22-,27-23-,28-24-,37-33-,40-39-,41-34-,42-35-,43-36-,53-49-,56-52-,65-61-,68-64-. The van der Waals surface area contributed by atoms with E-state index in [9.17, 15) is 43.2 Å². The van der Waals surface area contributed by atoms with Crippen LogP contribution in [0.3, 0.4) is 0 Å². The maximum atomic E-state index is 13.1. The van der Waals surface area contributed by atoms with Crippen LogP contribution >= 0.6 is 15.6 Å². The number of carbonyl (C=O) groups excluding carboxylic acids is 4. The van der Waals surface area contributed by atoms with Gasteiger partial charge in [-0.25, -0.2) is 9.13 Å². The van der Waals surface area contributed by atoms with Gasteiger partial charge < -0.3 is 33.8 Å². The Morgan fingerprint density at radius 1 is 0.288 bits per heavy atom. The van der Waals surface area contributed by atoms with Gasteiger partial charge in [0.1, 0.15) is 19.3 Å². The Bertz CT molecular complexity index is 2690. The number of ether oxygens (including phenoxy) is 4. The molecule has 0 saturated carbocycles. The molecular weight excluding hydrogens is 1350 g/mol. The average Bonchev–Trinajstić information content (AvgIpc) is 0.912. The molecule has 0 aliphatic heterocycles. The van der Waals surface area contributed by atoms with Crippen molar-refractivity contribution in [3.05, 3.63) is 182 Å². The van der Waals surface area contributed by atoms with Crippen molar-refractivity contribution in [1.82, 2.24) is 0 Å². The first kappa shape index (κ1) is 98.2. The molecule has 0 aliphatic carbocycles. The monoisotopic (exact) mass is 1490 g/mol. The van der Waals surface area contributed by atoms with Crippen molar-refractivity contribution >= 4 is 39.5 Å². The lowest BCUT2D eigenvalue weighted by atomic mass is 10.1. The Morgan fingerprint density at radius 2 is 0.548 bits per heavy atom. The Morgan fingerprint density at radius 3 is 0.894 bits per heavy atom. The second-order valence-electron chi connectivity index (χ2n) is 25.2. The zero-order chi connectivity index (χ0) is 76.0. The first-order valence-electron chi connectivity index (χ1n) is 39.0. The first-order valence-corrected chi connectivity index (χ1v) is 42.0. The van der Waals surface area contributed by atoms with Gasteiger partial charge in [-0.15, -0.1) is 0 Å². The van der Waals surface area contributed by atoms with Gasteiger partial charge in [0.15, 0.2) is 12.2 Å². The summed E-state index contributed by atoms with van der Waals surface area (Å²) in [6.45, 7) is 4.30. The largest absolute Gasteiger partial charge is 0.472 e. The molecule has 0 radical (unpaired) electrons. The van der Waals surface area contributed by atoms with Gasteiger partial charge in [-0.05, 0) is 148 Å². The first-order chi connectivity index (χ1) is 50.7. The maximum absolute atomic E-state index is 13.1. The summed E-state index contributed by atoms with van der Waals surface area (Å²) in [7, 11) is -10.0. The van der Waals surface area contributed by atoms with Crippen LogP contribution in [0, 0.1) is 0 Å². The summed E-state index contributed by atoms with van der Waals surface area (Å²) < 4.78 is 68.2. The van der Waals surface area contributed by atoms with Gasteiger partial charge in [-0.1, -0.05) is 281 Å². The van der Waals surface area contributed by atoms with Crippen molar-refractivity contribution in [2.75, 3.05) is 39.6 Å². The van der Waals surface area contributed by atoms with Crippen LogP contribution in [0.2, 0.25) is 0 Å². The van der Waals surface area contributed by atoms with Crippen LogP contribution < -0.4 is 0 Å². The van der Waals surface area contributed by atoms with Crippen molar-refractivity contribution in [2.24, 2.45) is 0 Å². The molecule has 17 nitrogen and oxygen atoms in total. The molecule has 0 aromatic carbocycles. The van der Waals surface area contributed by atoms with E-state index >= 15 is 0 Å². The number of allylic oxidation sites excluding steroid dienone is 28. The highest BCUT2D eigenvalue weighted by atomic mass is 31.2. The van der Waals surface area contributed by atoms with Crippen LogP contribution in [0.5, 0.6) is 0 Å². The minimum absolute atomic E-state index is 0.0501. The number of esters is 4. The van der Waals surface area contributed by atoms with Crippen molar-refractivity contribution in [2.45, 2.75) is 290 Å². The Kier molecular flexibility index (Phi) is 71.2. The highest BCUT2D eigenvalue weighted by molar-refractivity contribution is 7.47. The molecule has 0 fully saturated rings. The van der Waals surface area contributed by atoms with Crippen LogP contribution in [0.4, 0.5) is 0 Å². The van der Waals surface area contributed by atoms with Gasteiger partial charge in [0.2, 0.25) is 0 Å². The summed E-state index contributed by atoms with van der Waals surface area (Å²) in [5.74, 6) is -2.52. The SMILES string of the molecule is CC/C=C\C/C=C\C/C=C\C/C=C\C/C=C\CC(=O)OCC(COP(=O)(O)OCC(O)COP(=O)(O)OCC(COC(=O)CCCCCCCC/C=C\C/C=C\C/C=C\CCCCC)OC(=O)C/C=C\C/C=C\C/C=C\C/C=C\C/C=C\CC)OC(=O)CCCCCCC/C=C\C/C=C\CCCCC. The molecule has 5 atom stereocenters. The normalized spacial score (nSPS) is 14.9. The molecule has 3 N–H and O–H groups in total. The van der Waals surface area contributed by atoms with E-state index in [0.717, 1.165) is 154 Å². The number of phosphoric acid groups is 2. The zero-order valence-corrected chi connectivity index (χ0v) is 65.9. The number of phosphoric ester groups is 2. The van der Waals surface area contributed by atoms with E-state index in [1.54, 1.807) is 18.2 Å². The van der Waals surface area contributed by atoms with E-state index in [1.807, 2.05) is 30.4 Å². The predicted molar refractivity (Wildman–Crippen MR) is 426 cm³/mol. The second kappa shape index (κ2) is 75.4. The van der Waals surface area contributed by atoms with E-state index < -0.39 is 97.5 Å². The van der Waals surface area contributed by atoms with E-state index in [2.05, 4.69) is 161 Å². The molecule has 0 amide bonds. The summed E-state index contributed by atoms with van der Waals surface area (Å²) in [6.07, 6.45) is 90.8. The number of hydrogen-bond donors (Lipinski definition) is 3. The summed E-state index contributed by atoms with van der Waals surface area (Å²) in [5.41, 5.74) is 0. The van der Waals surface area contributed by atoms with E-state index in [4.69, 9.17) is 37.0 Å². The van der Waals surface area contributed by atoms with Gasteiger partial charge in [0, 0.05) is 12.8 Å². The quantitative estimate of drug-likeness (QED) is 0.0169. The fraction of sp³-hybridized carbons (Fsp3) is 0.600. The highest BCUT2D eigenvalue weighted by Crippen LogP contribution is 2.45. The van der Waals surface area contributed by atoms with E-state index in [0.29, 0.717) is 25.7 Å². The molecule has 0 saturated heterocycles. The minimum Gasteiger partial charge on any atom is -0.462 e. The number of hydrogen-bond acceptors (Lipinski definition) is 15. The molecule has 0 rings (SSSR count). The van der Waals surface area contributed by atoms with Crippen LogP contribution in [0.1, 0.15) is 272 Å². The van der Waals surface area contributed by atoms with Gasteiger partial charge in [-0.3, -0.25) is 37.3 Å². The fourth-order valence-electron chi connectivity index (χ4n) is 9.52. The molecule has 588 valence electrons. The molecule has 104 heavy (non-hydrogen) atoms. The predicted octanol–water partition coefficient (Wildman–Crippen LogP) is 22.8. The lowest BCUT2D eigenvalue weighted by molar-refractivity contribution is -0.160. The number of unbranched alkanes of at least 4 members (excludes halogenated alkanes) is 17. The summed E-state index contributed by atoms with van der Waals surface area (Å²) in [4.78, 5) is 72.8. The van der Waals surface area contributed by atoms with Crippen molar-refractivity contribution in [1.29, 1.82) is 0 Å². The third-order valence-electron chi connectivity index (χ3n) is 15.4. The van der Waals surface area contributed by atoms with E-state index in [-0.39, 0.29) is 25.7 Å². The van der Waals surface area contributed by atoms with Crippen LogP contribution in [0.15, 0.2) is 182 Å². The Hall–Kier alpha value is -5.84. The molecule has 0 spiro atoms. The highest BCUT2D eigenvalue weighted by Gasteiger charge is 2.30. The van der Waals surface area contributed by atoms with Gasteiger partial charge >= 0.3 is 39.5 Å². The minimum atomic E-state index is -5.02. The lowest BCUT2D eigenvalue weighted by Crippen LogP contribution is -2.30. The van der Waals surface area contributed by atoms with Crippen LogP contribution in [-0.2, 0) is 65.4 Å². The second-order valence-corrected chi connectivity index (χ2v) is 28.1. The van der Waals surface area contributed by atoms with Crippen molar-refractivity contribution in [3.8, 4) is 0 Å². The third kappa shape index (κ3) is 74.4. The summed E-state index contributed by atoms with van der Waals surface area (Å²) in [6, 6.07) is 0. The number of aliphatic hydroxyl groups is 1. The smallest absolute Gasteiger partial charge is 0.462 e. The molecule has 0 aromatic rings. The van der Waals surface area contributed by atoms with Crippen molar-refractivity contribution in [3.63, 3.8) is 0 Å². The Balaban J connectivity index is 5.52. The number of rotatable bonds is 71. The summed E-state index contributed by atoms with van der Waals surface area (Å²) in [5, 5.41) is 10.6. The van der Waals surface area contributed by atoms with Gasteiger partial charge in [0.25, 0.3) is 0 Å². The topological polar surface area (TPSA) is 237 Å². The summed E-state index contributed by atoms with van der Waals surface area (Å²) >= 11 is 0. The molecule has 0 aliphatic rings. The van der Waals surface area contributed by atoms with E-state index in [1.165, 1.54) is 38.5 Å². The molecule has 19 heteroatoms. The number of aliphatic hydroxyl groups excluding tert-OH is 1. The lowest BCUT2D eigenvalue weighted by Gasteiger charge is -2.21. The molecule has 0 heterocycles.